The lowest BCUT2D eigenvalue weighted by Gasteiger charge is -2.12. The van der Waals surface area contributed by atoms with Gasteiger partial charge in [-0.15, -0.1) is 0 Å². The van der Waals surface area contributed by atoms with Gasteiger partial charge in [-0.3, -0.25) is 14.7 Å². The predicted octanol–water partition coefficient (Wildman–Crippen LogP) is 2.66. The van der Waals surface area contributed by atoms with E-state index < -0.39 is 5.41 Å². The van der Waals surface area contributed by atoms with Crippen LogP contribution in [0.2, 0.25) is 0 Å². The fourth-order valence-electron chi connectivity index (χ4n) is 5.03. The molecule has 144 valence electrons. The van der Waals surface area contributed by atoms with E-state index in [0.717, 1.165) is 40.0 Å². The SMILES string of the molecule is CN1C(=O)[C@@]2(C[C@@H]2c2cn(C)c(=O)c3[nH]c(-c4cc[nH]n4)cc23)c2ccccc21. The van der Waals surface area contributed by atoms with Gasteiger partial charge in [0.25, 0.3) is 5.56 Å². The minimum absolute atomic E-state index is 0.0400. The van der Waals surface area contributed by atoms with E-state index in [4.69, 9.17) is 0 Å². The number of benzene rings is 1. The molecule has 2 N–H and O–H groups in total. The summed E-state index contributed by atoms with van der Waals surface area (Å²) in [5.74, 6) is 0.173. The minimum atomic E-state index is -0.528. The summed E-state index contributed by atoms with van der Waals surface area (Å²) in [6.07, 6.45) is 4.39. The molecule has 1 aliphatic heterocycles. The van der Waals surface area contributed by atoms with Gasteiger partial charge in [0, 0.05) is 43.5 Å². The number of aromatic nitrogens is 4. The Labute approximate surface area is 166 Å². The van der Waals surface area contributed by atoms with E-state index in [9.17, 15) is 9.59 Å². The van der Waals surface area contributed by atoms with Gasteiger partial charge in [-0.2, -0.15) is 5.10 Å². The van der Waals surface area contributed by atoms with E-state index in [2.05, 4.69) is 21.2 Å². The largest absolute Gasteiger partial charge is 0.349 e. The fourth-order valence-corrected chi connectivity index (χ4v) is 5.03. The number of H-pyrrole nitrogens is 2. The number of pyridine rings is 1. The molecule has 0 radical (unpaired) electrons. The molecule has 1 aliphatic carbocycles. The summed E-state index contributed by atoms with van der Waals surface area (Å²) in [4.78, 5) is 31.0. The van der Waals surface area contributed by atoms with Gasteiger partial charge in [0.1, 0.15) is 11.2 Å². The van der Waals surface area contributed by atoms with Gasteiger partial charge in [0.05, 0.1) is 11.1 Å². The van der Waals surface area contributed by atoms with Crippen molar-refractivity contribution < 1.29 is 4.79 Å². The molecule has 1 spiro atoms. The summed E-state index contributed by atoms with van der Waals surface area (Å²) in [6, 6.07) is 11.8. The quantitative estimate of drug-likeness (QED) is 0.556. The maximum Gasteiger partial charge on any atom is 0.274 e. The first-order chi connectivity index (χ1) is 14.0. The van der Waals surface area contributed by atoms with Crippen LogP contribution in [0.5, 0.6) is 0 Å². The van der Waals surface area contributed by atoms with Gasteiger partial charge >= 0.3 is 0 Å². The van der Waals surface area contributed by atoms with Crippen LogP contribution in [0.15, 0.2) is 53.6 Å². The second kappa shape index (κ2) is 5.26. The van der Waals surface area contributed by atoms with Crippen molar-refractivity contribution in [1.82, 2.24) is 19.7 Å². The van der Waals surface area contributed by atoms with E-state index >= 15 is 0 Å². The molecule has 7 nitrogen and oxygen atoms in total. The standard InChI is InChI=1S/C22H19N5O2/c1-26-11-13(12-9-17(16-7-8-23-25-16)24-19(12)20(26)28)15-10-22(15)14-5-3-4-6-18(14)27(2)21(22)29/h3-9,11,15,24H,10H2,1-2H3,(H,23,25)/t15-,22+/m1/s1. The highest BCUT2D eigenvalue weighted by Gasteiger charge is 2.67. The number of carbonyl (C=O) groups excluding carboxylic acids is 1. The monoisotopic (exact) mass is 385 g/mol. The average molecular weight is 385 g/mol. The van der Waals surface area contributed by atoms with Crippen LogP contribution in [0.3, 0.4) is 0 Å². The van der Waals surface area contributed by atoms with Crippen LogP contribution in [-0.2, 0) is 17.3 Å². The van der Waals surface area contributed by atoms with Crippen molar-refractivity contribution in [3.63, 3.8) is 0 Å². The Bertz CT molecular complexity index is 1360. The Hall–Kier alpha value is -3.61. The van der Waals surface area contributed by atoms with Gasteiger partial charge in [0.15, 0.2) is 0 Å². The van der Waals surface area contributed by atoms with Gasteiger partial charge in [-0.05, 0) is 35.7 Å². The van der Waals surface area contributed by atoms with Crippen LogP contribution in [0.1, 0.15) is 23.5 Å². The molecule has 29 heavy (non-hydrogen) atoms. The number of carbonyl (C=O) groups is 1. The number of nitrogens with one attached hydrogen (secondary N) is 2. The number of hydrogen-bond acceptors (Lipinski definition) is 3. The zero-order valence-electron chi connectivity index (χ0n) is 16.1. The summed E-state index contributed by atoms with van der Waals surface area (Å²) in [6.45, 7) is 0. The summed E-state index contributed by atoms with van der Waals surface area (Å²) < 4.78 is 1.60. The normalized spacial score (nSPS) is 22.6. The first-order valence-corrected chi connectivity index (χ1v) is 9.62. The Morgan fingerprint density at radius 3 is 2.79 bits per heavy atom. The number of hydrogen-bond donors (Lipinski definition) is 2. The molecule has 1 amide bonds. The van der Waals surface area contributed by atoms with Crippen molar-refractivity contribution in [3.05, 3.63) is 70.3 Å². The lowest BCUT2D eigenvalue weighted by molar-refractivity contribution is -0.120. The highest BCUT2D eigenvalue weighted by Crippen LogP contribution is 2.66. The van der Waals surface area contributed by atoms with E-state index in [1.165, 1.54) is 0 Å². The molecule has 0 saturated heterocycles. The van der Waals surface area contributed by atoms with E-state index in [1.54, 1.807) is 22.7 Å². The summed E-state index contributed by atoms with van der Waals surface area (Å²) in [5.41, 5.74) is 4.57. The van der Waals surface area contributed by atoms with Gasteiger partial charge in [-0.25, -0.2) is 0 Å². The number of likely N-dealkylation sites (N-methyl/N-ethyl adjacent to an activating group) is 1. The molecular weight excluding hydrogens is 366 g/mol. The number of nitrogens with zero attached hydrogens (tertiary/aromatic N) is 3. The number of aryl methyl sites for hydroxylation is 1. The highest BCUT2D eigenvalue weighted by atomic mass is 16.2. The third kappa shape index (κ3) is 1.94. The second-order valence-corrected chi connectivity index (χ2v) is 8.04. The van der Waals surface area contributed by atoms with E-state index in [1.807, 2.05) is 43.6 Å². The predicted molar refractivity (Wildman–Crippen MR) is 110 cm³/mol. The topological polar surface area (TPSA) is 86.8 Å². The van der Waals surface area contributed by atoms with Crippen LogP contribution in [0.4, 0.5) is 5.69 Å². The average Bonchev–Trinajstić information content (AvgIpc) is 3.05. The van der Waals surface area contributed by atoms with Gasteiger partial charge in [0.2, 0.25) is 5.91 Å². The maximum absolute atomic E-state index is 13.2. The first kappa shape index (κ1) is 16.4. The number of para-hydroxylation sites is 1. The summed E-state index contributed by atoms with van der Waals surface area (Å²) in [7, 11) is 3.60. The van der Waals surface area contributed by atoms with Gasteiger partial charge in [-0.1, -0.05) is 18.2 Å². The number of amides is 1. The third-order valence-corrected chi connectivity index (χ3v) is 6.54. The zero-order valence-corrected chi connectivity index (χ0v) is 16.1. The lowest BCUT2D eigenvalue weighted by Crippen LogP contribution is -2.29. The second-order valence-electron chi connectivity index (χ2n) is 8.04. The fraction of sp³-hybridized carbons (Fsp3) is 0.227. The Morgan fingerprint density at radius 2 is 2.00 bits per heavy atom. The molecule has 0 bridgehead atoms. The van der Waals surface area contributed by atoms with Crippen LogP contribution in [-0.4, -0.2) is 32.7 Å². The Balaban J connectivity index is 1.56. The molecule has 4 heterocycles. The molecule has 3 aromatic heterocycles. The van der Waals surface area contributed by atoms with Crippen molar-refractivity contribution in [1.29, 1.82) is 0 Å². The Kier molecular flexibility index (Phi) is 2.96. The molecule has 2 atom stereocenters. The van der Waals surface area contributed by atoms with Crippen molar-refractivity contribution >= 4 is 22.5 Å². The number of aromatic amines is 2. The zero-order chi connectivity index (χ0) is 19.9. The maximum atomic E-state index is 13.2. The smallest absolute Gasteiger partial charge is 0.274 e. The van der Waals surface area contributed by atoms with Crippen molar-refractivity contribution in [2.45, 2.75) is 17.8 Å². The van der Waals surface area contributed by atoms with E-state index in [0.29, 0.717) is 5.52 Å². The summed E-state index contributed by atoms with van der Waals surface area (Å²) in [5, 5.41) is 7.90. The number of rotatable bonds is 2. The van der Waals surface area contributed by atoms with E-state index in [-0.39, 0.29) is 17.4 Å². The van der Waals surface area contributed by atoms with Crippen LogP contribution in [0, 0.1) is 0 Å². The number of fused-ring (bicyclic) bond motifs is 3. The molecule has 2 aliphatic rings. The lowest BCUT2D eigenvalue weighted by atomic mass is 9.91. The molecule has 7 heteroatoms. The minimum Gasteiger partial charge on any atom is -0.349 e. The van der Waals surface area contributed by atoms with Crippen molar-refractivity contribution in [3.8, 4) is 11.4 Å². The molecule has 1 fully saturated rings. The molecule has 6 rings (SSSR count). The molecule has 1 saturated carbocycles. The van der Waals surface area contributed by atoms with Crippen LogP contribution >= 0.6 is 0 Å². The van der Waals surface area contributed by atoms with Crippen LogP contribution < -0.4 is 10.5 Å². The Morgan fingerprint density at radius 1 is 1.17 bits per heavy atom. The molecule has 0 unspecified atom stereocenters. The molecule has 4 aromatic rings. The van der Waals surface area contributed by atoms with Crippen LogP contribution in [0.25, 0.3) is 22.3 Å². The number of anilines is 1. The van der Waals surface area contributed by atoms with Crippen molar-refractivity contribution in [2.24, 2.45) is 7.05 Å². The molecule has 1 aromatic carbocycles. The highest BCUT2D eigenvalue weighted by molar-refractivity contribution is 6.11. The van der Waals surface area contributed by atoms with Crippen molar-refractivity contribution in [2.75, 3.05) is 11.9 Å². The molecular formula is C22H19N5O2. The third-order valence-electron chi connectivity index (χ3n) is 6.54. The summed E-state index contributed by atoms with van der Waals surface area (Å²) >= 11 is 0. The van der Waals surface area contributed by atoms with Gasteiger partial charge < -0.3 is 14.5 Å². The first-order valence-electron chi connectivity index (χ1n) is 9.62.